The number of benzene rings is 2. The highest BCUT2D eigenvalue weighted by atomic mass is 16.4. The largest absolute Gasteiger partial charge is 0.480 e. The molecule has 6 heteroatoms. The van der Waals surface area contributed by atoms with E-state index < -0.39 is 22.8 Å². The molecule has 6 nitrogen and oxygen atoms in total. The maximum atomic E-state index is 12.1. The fraction of sp³-hybridized carbons (Fsp3) is 0.111. The van der Waals surface area contributed by atoms with E-state index in [2.05, 4.69) is 0 Å². The lowest BCUT2D eigenvalue weighted by atomic mass is 9.58. The standard InChI is InChI=1S/C18H12N2O4/c19-11-17(15(21)22,13-7-3-1-4-8-13)18(12-20,16(23)24)14-9-5-2-6-10-14/h1-10H,(H,21,22)(H,23,24). The zero-order valence-corrected chi connectivity index (χ0v) is 12.4. The molecule has 0 aromatic heterocycles. The van der Waals surface area contributed by atoms with E-state index in [9.17, 15) is 30.3 Å². The van der Waals surface area contributed by atoms with E-state index >= 15 is 0 Å². The van der Waals surface area contributed by atoms with Gasteiger partial charge in [-0.15, -0.1) is 0 Å². The average Bonchev–Trinajstić information content (AvgIpc) is 2.60. The van der Waals surface area contributed by atoms with E-state index in [4.69, 9.17) is 0 Å². The molecular formula is C18H12N2O4. The Kier molecular flexibility index (Phi) is 4.34. The van der Waals surface area contributed by atoms with Gasteiger partial charge in [0.1, 0.15) is 0 Å². The Labute approximate surface area is 137 Å². The van der Waals surface area contributed by atoms with Crippen LogP contribution in [0.25, 0.3) is 0 Å². The predicted molar refractivity (Wildman–Crippen MR) is 82.7 cm³/mol. The first-order valence-corrected chi connectivity index (χ1v) is 6.87. The van der Waals surface area contributed by atoms with Crippen molar-refractivity contribution in [3.8, 4) is 12.1 Å². The Morgan fingerprint density at radius 2 is 1.00 bits per heavy atom. The van der Waals surface area contributed by atoms with Gasteiger partial charge in [-0.1, -0.05) is 60.7 Å². The molecule has 0 saturated carbocycles. The van der Waals surface area contributed by atoms with Crippen molar-refractivity contribution in [3.05, 3.63) is 71.8 Å². The molecule has 2 N–H and O–H groups in total. The monoisotopic (exact) mass is 320 g/mol. The van der Waals surface area contributed by atoms with Gasteiger partial charge in [0.25, 0.3) is 0 Å². The maximum Gasteiger partial charge on any atom is 0.331 e. The SMILES string of the molecule is N#CC(C(=O)O)(c1ccccc1)C(C#N)(C(=O)O)c1ccccc1. The second kappa shape index (κ2) is 6.23. The summed E-state index contributed by atoms with van der Waals surface area (Å²) < 4.78 is 0. The van der Waals surface area contributed by atoms with Gasteiger partial charge in [-0.05, 0) is 11.1 Å². The zero-order valence-electron chi connectivity index (χ0n) is 12.4. The summed E-state index contributed by atoms with van der Waals surface area (Å²) in [6, 6.07) is 17.7. The number of aliphatic carboxylic acids is 2. The summed E-state index contributed by atoms with van der Waals surface area (Å²) in [7, 11) is 0. The summed E-state index contributed by atoms with van der Waals surface area (Å²) in [4.78, 5) is 24.2. The van der Waals surface area contributed by atoms with Crippen molar-refractivity contribution in [3.63, 3.8) is 0 Å². The minimum absolute atomic E-state index is 0.0761. The molecule has 0 bridgehead atoms. The first-order chi connectivity index (χ1) is 11.5. The lowest BCUT2D eigenvalue weighted by Gasteiger charge is -2.35. The number of nitrogens with zero attached hydrogens (tertiary/aromatic N) is 2. The van der Waals surface area contributed by atoms with Crippen molar-refractivity contribution in [1.29, 1.82) is 10.5 Å². The van der Waals surface area contributed by atoms with Crippen LogP contribution >= 0.6 is 0 Å². The fourth-order valence-electron chi connectivity index (χ4n) is 2.77. The highest BCUT2D eigenvalue weighted by molar-refractivity contribution is 6.00. The topological polar surface area (TPSA) is 122 Å². The Balaban J connectivity index is 2.99. The van der Waals surface area contributed by atoms with Crippen molar-refractivity contribution in [1.82, 2.24) is 0 Å². The van der Waals surface area contributed by atoms with E-state index in [1.165, 1.54) is 48.5 Å². The summed E-state index contributed by atoms with van der Waals surface area (Å²) in [5.41, 5.74) is -5.38. The van der Waals surface area contributed by atoms with Crippen LogP contribution in [0.4, 0.5) is 0 Å². The Morgan fingerprint density at radius 3 is 1.21 bits per heavy atom. The molecule has 2 unspecified atom stereocenters. The molecule has 0 spiro atoms. The van der Waals surface area contributed by atoms with Crippen LogP contribution in [0.1, 0.15) is 11.1 Å². The first kappa shape index (κ1) is 16.7. The van der Waals surface area contributed by atoms with Crippen molar-refractivity contribution < 1.29 is 19.8 Å². The van der Waals surface area contributed by atoms with E-state index in [0.717, 1.165) is 0 Å². The van der Waals surface area contributed by atoms with Crippen molar-refractivity contribution in [2.75, 3.05) is 0 Å². The highest BCUT2D eigenvalue weighted by Crippen LogP contribution is 2.44. The van der Waals surface area contributed by atoms with Crippen LogP contribution in [0.15, 0.2) is 60.7 Å². The molecule has 0 radical (unpaired) electrons. The summed E-state index contributed by atoms with van der Waals surface area (Å²) in [6.45, 7) is 0. The lowest BCUT2D eigenvalue weighted by Crippen LogP contribution is -2.57. The van der Waals surface area contributed by atoms with Crippen LogP contribution in [0, 0.1) is 22.7 Å². The molecule has 0 amide bonds. The van der Waals surface area contributed by atoms with E-state index in [0.29, 0.717) is 0 Å². The number of rotatable bonds is 5. The van der Waals surface area contributed by atoms with E-state index in [1.54, 1.807) is 24.3 Å². The number of hydrogen-bond acceptors (Lipinski definition) is 4. The molecule has 118 valence electrons. The number of nitriles is 2. The van der Waals surface area contributed by atoms with E-state index in [1.807, 2.05) is 0 Å². The van der Waals surface area contributed by atoms with Gasteiger partial charge in [0.05, 0.1) is 12.1 Å². The Hall–Kier alpha value is -3.64. The Morgan fingerprint density at radius 1 is 0.708 bits per heavy atom. The average molecular weight is 320 g/mol. The fourth-order valence-corrected chi connectivity index (χ4v) is 2.77. The molecule has 24 heavy (non-hydrogen) atoms. The molecule has 0 saturated heterocycles. The molecule has 2 aromatic rings. The minimum atomic E-state index is -2.61. The van der Waals surface area contributed by atoms with E-state index in [-0.39, 0.29) is 11.1 Å². The van der Waals surface area contributed by atoms with Crippen LogP contribution in [0.5, 0.6) is 0 Å². The van der Waals surface area contributed by atoms with Gasteiger partial charge >= 0.3 is 11.9 Å². The molecule has 2 atom stereocenters. The molecule has 2 aromatic carbocycles. The molecule has 0 aliphatic heterocycles. The molecule has 0 fully saturated rings. The number of carboxylic acids is 2. The van der Waals surface area contributed by atoms with Gasteiger partial charge in [-0.25, -0.2) is 0 Å². The number of carbonyl (C=O) groups is 2. The van der Waals surface area contributed by atoms with Crippen molar-refractivity contribution >= 4 is 11.9 Å². The summed E-state index contributed by atoms with van der Waals surface area (Å²) in [5.74, 6) is -3.41. The molecular weight excluding hydrogens is 308 g/mol. The second-order valence-corrected chi connectivity index (χ2v) is 5.07. The zero-order chi connectivity index (χ0) is 17.8. The van der Waals surface area contributed by atoms with Crippen molar-refractivity contribution in [2.45, 2.75) is 10.8 Å². The third-order valence-corrected chi connectivity index (χ3v) is 3.95. The maximum absolute atomic E-state index is 12.1. The third-order valence-electron chi connectivity index (χ3n) is 3.95. The predicted octanol–water partition coefficient (Wildman–Crippen LogP) is 2.08. The van der Waals surface area contributed by atoms with Crippen molar-refractivity contribution in [2.24, 2.45) is 0 Å². The number of carboxylic acid groups (broad SMARTS) is 2. The Bertz CT molecular complexity index is 779. The van der Waals surface area contributed by atoms with Crippen LogP contribution in [-0.4, -0.2) is 22.2 Å². The normalized spacial score (nSPS) is 15.1. The van der Waals surface area contributed by atoms with Gasteiger partial charge < -0.3 is 10.2 Å². The van der Waals surface area contributed by atoms with Crippen LogP contribution in [-0.2, 0) is 20.4 Å². The smallest absolute Gasteiger partial charge is 0.331 e. The van der Waals surface area contributed by atoms with Gasteiger partial charge in [-0.2, -0.15) is 10.5 Å². The molecule has 0 aliphatic carbocycles. The van der Waals surface area contributed by atoms with Gasteiger partial charge in [0, 0.05) is 0 Å². The molecule has 0 aliphatic rings. The van der Waals surface area contributed by atoms with Crippen LogP contribution in [0.3, 0.4) is 0 Å². The summed E-state index contributed by atoms with van der Waals surface area (Å²) in [5, 5.41) is 39.1. The third kappa shape index (κ3) is 2.10. The summed E-state index contributed by atoms with van der Waals surface area (Å²) in [6.07, 6.45) is 0. The first-order valence-electron chi connectivity index (χ1n) is 6.87. The number of hydrogen-bond donors (Lipinski definition) is 2. The quantitative estimate of drug-likeness (QED) is 0.869. The minimum Gasteiger partial charge on any atom is -0.480 e. The highest BCUT2D eigenvalue weighted by Gasteiger charge is 2.65. The van der Waals surface area contributed by atoms with Gasteiger partial charge in [0.2, 0.25) is 10.8 Å². The van der Waals surface area contributed by atoms with Gasteiger partial charge in [-0.3, -0.25) is 9.59 Å². The van der Waals surface area contributed by atoms with Gasteiger partial charge in [0.15, 0.2) is 0 Å². The van der Waals surface area contributed by atoms with Crippen LogP contribution in [0.2, 0.25) is 0 Å². The molecule has 0 heterocycles. The second-order valence-electron chi connectivity index (χ2n) is 5.07. The van der Waals surface area contributed by atoms with Crippen LogP contribution < -0.4 is 0 Å². The summed E-state index contributed by atoms with van der Waals surface area (Å²) >= 11 is 0. The lowest BCUT2D eigenvalue weighted by molar-refractivity contribution is -0.153. The molecule has 2 rings (SSSR count).